The number of benzene rings is 1. The number of thiophene rings is 1. The van der Waals surface area contributed by atoms with Crippen LogP contribution in [0.3, 0.4) is 0 Å². The smallest absolute Gasteiger partial charge is 0.252 e. The zero-order valence-electron chi connectivity index (χ0n) is 12.6. The number of hydrogen-bond acceptors (Lipinski definition) is 3. The second-order valence-corrected chi connectivity index (χ2v) is 6.81. The highest BCUT2D eigenvalue weighted by Crippen LogP contribution is 2.20. The highest BCUT2D eigenvalue weighted by atomic mass is 32.1. The molecular weight excluding hydrogens is 282 g/mol. The van der Waals surface area contributed by atoms with Crippen molar-refractivity contribution in [3.8, 4) is 0 Å². The van der Waals surface area contributed by atoms with Gasteiger partial charge < -0.3 is 10.4 Å². The molecule has 2 unspecified atom stereocenters. The molecule has 112 valence electrons. The van der Waals surface area contributed by atoms with Crippen LogP contribution in [0.5, 0.6) is 0 Å². The van der Waals surface area contributed by atoms with Gasteiger partial charge in [-0.15, -0.1) is 11.3 Å². The summed E-state index contributed by atoms with van der Waals surface area (Å²) >= 11 is 1.61. The van der Waals surface area contributed by atoms with Gasteiger partial charge in [-0.05, 0) is 32.4 Å². The van der Waals surface area contributed by atoms with Crippen LogP contribution in [-0.4, -0.2) is 23.2 Å². The maximum Gasteiger partial charge on any atom is 0.252 e. The largest absolute Gasteiger partial charge is 0.391 e. The van der Waals surface area contributed by atoms with E-state index in [0.29, 0.717) is 12.0 Å². The van der Waals surface area contributed by atoms with Crippen molar-refractivity contribution in [2.24, 2.45) is 0 Å². The van der Waals surface area contributed by atoms with Crippen molar-refractivity contribution in [1.29, 1.82) is 0 Å². The highest BCUT2D eigenvalue weighted by molar-refractivity contribution is 7.12. The van der Waals surface area contributed by atoms with Crippen LogP contribution in [0.25, 0.3) is 0 Å². The van der Waals surface area contributed by atoms with Crippen molar-refractivity contribution in [1.82, 2.24) is 5.32 Å². The number of rotatable bonds is 5. The first-order valence-corrected chi connectivity index (χ1v) is 7.89. The standard InChI is InChI=1S/C17H21NO2S/c1-11-9-15(13(3)21-11)17(20)18-12(2)16(19)10-14-7-5-4-6-8-14/h4-9,12,16,19H,10H2,1-3H3,(H,18,20). The number of aliphatic hydroxyl groups is 1. The fourth-order valence-electron chi connectivity index (χ4n) is 2.27. The summed E-state index contributed by atoms with van der Waals surface area (Å²) in [5.74, 6) is -0.114. The molecule has 1 amide bonds. The highest BCUT2D eigenvalue weighted by Gasteiger charge is 2.19. The minimum atomic E-state index is -0.601. The van der Waals surface area contributed by atoms with Gasteiger partial charge in [0, 0.05) is 16.2 Å². The van der Waals surface area contributed by atoms with Crippen molar-refractivity contribution in [2.75, 3.05) is 0 Å². The Morgan fingerprint density at radius 3 is 2.52 bits per heavy atom. The van der Waals surface area contributed by atoms with Gasteiger partial charge in [-0.25, -0.2) is 0 Å². The molecule has 2 aromatic rings. The lowest BCUT2D eigenvalue weighted by Gasteiger charge is -2.20. The molecule has 21 heavy (non-hydrogen) atoms. The zero-order valence-corrected chi connectivity index (χ0v) is 13.4. The second-order valence-electron chi connectivity index (χ2n) is 5.35. The Bertz CT molecular complexity index is 607. The summed E-state index contributed by atoms with van der Waals surface area (Å²) in [6.07, 6.45) is -0.0689. The van der Waals surface area contributed by atoms with E-state index in [1.807, 2.05) is 57.2 Å². The van der Waals surface area contributed by atoms with Crippen molar-refractivity contribution >= 4 is 17.2 Å². The average Bonchev–Trinajstić information content (AvgIpc) is 2.78. The molecule has 4 heteroatoms. The lowest BCUT2D eigenvalue weighted by atomic mass is 10.0. The van der Waals surface area contributed by atoms with Crippen LogP contribution in [-0.2, 0) is 6.42 Å². The molecule has 0 bridgehead atoms. The maximum absolute atomic E-state index is 12.2. The number of amides is 1. The van der Waals surface area contributed by atoms with Crippen molar-refractivity contribution in [3.05, 3.63) is 57.3 Å². The number of aryl methyl sites for hydroxylation is 2. The first-order chi connectivity index (χ1) is 9.97. The van der Waals surface area contributed by atoms with E-state index in [0.717, 1.165) is 15.3 Å². The summed E-state index contributed by atoms with van der Waals surface area (Å²) in [4.78, 5) is 14.4. The molecule has 0 aliphatic carbocycles. The molecule has 0 fully saturated rings. The van der Waals surface area contributed by atoms with Crippen LogP contribution >= 0.6 is 11.3 Å². The third kappa shape index (κ3) is 4.16. The van der Waals surface area contributed by atoms with Crippen molar-refractivity contribution in [2.45, 2.75) is 39.3 Å². The molecule has 0 radical (unpaired) electrons. The number of hydrogen-bond donors (Lipinski definition) is 2. The van der Waals surface area contributed by atoms with Crippen LogP contribution in [0.1, 0.15) is 32.6 Å². The molecule has 0 saturated heterocycles. The summed E-state index contributed by atoms with van der Waals surface area (Å²) in [5.41, 5.74) is 1.77. The Balaban J connectivity index is 1.96. The Labute approximate surface area is 129 Å². The number of aliphatic hydroxyl groups excluding tert-OH is 1. The maximum atomic E-state index is 12.2. The van der Waals surface area contributed by atoms with Crippen LogP contribution in [0, 0.1) is 13.8 Å². The first kappa shape index (κ1) is 15.7. The Morgan fingerprint density at radius 1 is 1.29 bits per heavy atom. The Morgan fingerprint density at radius 2 is 1.95 bits per heavy atom. The van der Waals surface area contributed by atoms with E-state index in [9.17, 15) is 9.90 Å². The van der Waals surface area contributed by atoms with E-state index in [-0.39, 0.29) is 11.9 Å². The van der Waals surface area contributed by atoms with Gasteiger partial charge in [0.05, 0.1) is 17.7 Å². The molecule has 1 heterocycles. The van der Waals surface area contributed by atoms with Gasteiger partial charge in [0.25, 0.3) is 5.91 Å². The van der Waals surface area contributed by atoms with E-state index in [1.165, 1.54) is 0 Å². The molecule has 0 aliphatic heterocycles. The zero-order chi connectivity index (χ0) is 15.4. The number of carbonyl (C=O) groups excluding carboxylic acids is 1. The monoisotopic (exact) mass is 303 g/mol. The van der Waals surface area contributed by atoms with E-state index >= 15 is 0 Å². The number of carbonyl (C=O) groups is 1. The average molecular weight is 303 g/mol. The van der Waals surface area contributed by atoms with E-state index < -0.39 is 6.10 Å². The van der Waals surface area contributed by atoms with E-state index in [2.05, 4.69) is 5.32 Å². The molecule has 2 N–H and O–H groups in total. The molecule has 3 nitrogen and oxygen atoms in total. The predicted molar refractivity (Wildman–Crippen MR) is 86.9 cm³/mol. The number of nitrogens with one attached hydrogen (secondary N) is 1. The molecule has 0 spiro atoms. The minimum Gasteiger partial charge on any atom is -0.391 e. The quantitative estimate of drug-likeness (QED) is 0.892. The fourth-order valence-corrected chi connectivity index (χ4v) is 3.19. The summed E-state index contributed by atoms with van der Waals surface area (Å²) in [6, 6.07) is 11.4. The lowest BCUT2D eigenvalue weighted by molar-refractivity contribution is 0.0851. The molecule has 1 aromatic heterocycles. The molecule has 0 saturated carbocycles. The van der Waals surface area contributed by atoms with Crippen molar-refractivity contribution < 1.29 is 9.90 Å². The normalized spacial score (nSPS) is 13.7. The van der Waals surface area contributed by atoms with Gasteiger partial charge in [-0.2, -0.15) is 0 Å². The minimum absolute atomic E-state index is 0.114. The molecular formula is C17H21NO2S. The van der Waals surface area contributed by atoms with E-state index in [1.54, 1.807) is 11.3 Å². The van der Waals surface area contributed by atoms with Gasteiger partial charge in [-0.3, -0.25) is 4.79 Å². The van der Waals surface area contributed by atoms with Gasteiger partial charge in [0.1, 0.15) is 0 Å². The van der Waals surface area contributed by atoms with Gasteiger partial charge in [0.2, 0.25) is 0 Å². The second kappa shape index (κ2) is 6.87. The summed E-state index contributed by atoms with van der Waals surface area (Å²) in [6.45, 7) is 5.76. The van der Waals surface area contributed by atoms with Crippen LogP contribution in [0.2, 0.25) is 0 Å². The topological polar surface area (TPSA) is 49.3 Å². The van der Waals surface area contributed by atoms with Gasteiger partial charge in [-0.1, -0.05) is 30.3 Å². The third-order valence-electron chi connectivity index (χ3n) is 3.51. The molecule has 2 atom stereocenters. The molecule has 1 aromatic carbocycles. The van der Waals surface area contributed by atoms with E-state index in [4.69, 9.17) is 0 Å². The first-order valence-electron chi connectivity index (χ1n) is 7.07. The fraction of sp³-hybridized carbons (Fsp3) is 0.353. The predicted octanol–water partition coefficient (Wildman–Crippen LogP) is 3.09. The Hall–Kier alpha value is -1.65. The Kier molecular flexibility index (Phi) is 5.15. The van der Waals surface area contributed by atoms with Gasteiger partial charge >= 0.3 is 0 Å². The SMILES string of the molecule is Cc1cc(C(=O)NC(C)C(O)Cc2ccccc2)c(C)s1. The van der Waals surface area contributed by atoms with Crippen molar-refractivity contribution in [3.63, 3.8) is 0 Å². The third-order valence-corrected chi connectivity index (χ3v) is 4.48. The van der Waals surface area contributed by atoms with Crippen LogP contribution in [0.4, 0.5) is 0 Å². The van der Waals surface area contributed by atoms with Crippen LogP contribution < -0.4 is 5.32 Å². The summed E-state index contributed by atoms with van der Waals surface area (Å²) < 4.78 is 0. The van der Waals surface area contributed by atoms with Gasteiger partial charge in [0.15, 0.2) is 0 Å². The summed E-state index contributed by atoms with van der Waals surface area (Å²) in [7, 11) is 0. The molecule has 0 aliphatic rings. The van der Waals surface area contributed by atoms with Crippen LogP contribution in [0.15, 0.2) is 36.4 Å². The summed E-state index contributed by atoms with van der Waals surface area (Å²) in [5, 5.41) is 13.1. The molecule has 2 rings (SSSR count). The lowest BCUT2D eigenvalue weighted by Crippen LogP contribution is -2.42.